The minimum atomic E-state index is -0.157. The molecule has 0 saturated carbocycles. The number of benzene rings is 3. The van der Waals surface area contributed by atoms with Crippen LogP contribution < -0.4 is 15.9 Å². The van der Waals surface area contributed by atoms with E-state index >= 15 is 0 Å². The highest BCUT2D eigenvalue weighted by Crippen LogP contribution is 2.30. The Morgan fingerprint density at radius 2 is 1.65 bits per heavy atom. The zero-order valence-corrected chi connectivity index (χ0v) is 17.7. The number of amides is 1. The number of hydrogen-bond donors (Lipinski definition) is 2. The minimum Gasteiger partial charge on any atom is -0.496 e. The van der Waals surface area contributed by atoms with Crippen LogP contribution in [0.5, 0.6) is 5.75 Å². The molecule has 0 aliphatic heterocycles. The molecule has 0 atom stereocenters. The fourth-order valence-electron chi connectivity index (χ4n) is 3.17. The van der Waals surface area contributed by atoms with Gasteiger partial charge in [-0.3, -0.25) is 4.79 Å². The van der Waals surface area contributed by atoms with E-state index in [0.29, 0.717) is 16.7 Å². The van der Waals surface area contributed by atoms with Gasteiger partial charge in [-0.05, 0) is 23.8 Å². The van der Waals surface area contributed by atoms with Crippen LogP contribution in [0.15, 0.2) is 84.0 Å². The normalized spacial score (nSPS) is 10.6. The molecule has 8 heteroatoms. The Morgan fingerprint density at radius 1 is 0.968 bits per heavy atom. The lowest BCUT2D eigenvalue weighted by Crippen LogP contribution is -2.17. The summed E-state index contributed by atoms with van der Waals surface area (Å²) in [5, 5.41) is 11.7. The SMILES string of the molecule is COc1ccccc1-c1nnc(SCC(=O)Nc2ccccc2-c2ccccc2)n1N. The van der Waals surface area contributed by atoms with Crippen molar-refractivity contribution in [1.29, 1.82) is 0 Å². The molecule has 1 amide bonds. The second kappa shape index (κ2) is 9.36. The van der Waals surface area contributed by atoms with Crippen LogP contribution >= 0.6 is 11.8 Å². The van der Waals surface area contributed by atoms with Crippen molar-refractivity contribution in [2.75, 3.05) is 24.0 Å². The Labute approximate surface area is 184 Å². The smallest absolute Gasteiger partial charge is 0.234 e. The van der Waals surface area contributed by atoms with Gasteiger partial charge in [-0.2, -0.15) is 0 Å². The van der Waals surface area contributed by atoms with Crippen molar-refractivity contribution in [3.05, 3.63) is 78.9 Å². The summed E-state index contributed by atoms with van der Waals surface area (Å²) in [5.74, 6) is 7.28. The van der Waals surface area contributed by atoms with Crippen LogP contribution in [0.1, 0.15) is 0 Å². The maximum atomic E-state index is 12.6. The third-order valence-electron chi connectivity index (χ3n) is 4.63. The van der Waals surface area contributed by atoms with Gasteiger partial charge in [0.1, 0.15) is 5.75 Å². The minimum absolute atomic E-state index is 0.143. The van der Waals surface area contributed by atoms with Crippen molar-refractivity contribution in [3.63, 3.8) is 0 Å². The molecular weight excluding hydrogens is 410 g/mol. The van der Waals surface area contributed by atoms with Gasteiger partial charge in [-0.25, -0.2) is 4.68 Å². The molecule has 7 nitrogen and oxygen atoms in total. The molecule has 1 heterocycles. The number of hydrogen-bond acceptors (Lipinski definition) is 6. The summed E-state index contributed by atoms with van der Waals surface area (Å²) < 4.78 is 6.74. The monoisotopic (exact) mass is 431 g/mol. The van der Waals surface area contributed by atoms with Crippen LogP contribution in [-0.2, 0) is 4.79 Å². The summed E-state index contributed by atoms with van der Waals surface area (Å²) in [6.07, 6.45) is 0. The highest BCUT2D eigenvalue weighted by atomic mass is 32.2. The number of nitrogen functional groups attached to an aromatic ring is 1. The number of carbonyl (C=O) groups is 1. The first-order chi connectivity index (χ1) is 15.2. The number of carbonyl (C=O) groups excluding carboxylic acids is 1. The molecule has 4 rings (SSSR count). The van der Waals surface area contributed by atoms with Crippen molar-refractivity contribution in [2.24, 2.45) is 0 Å². The summed E-state index contributed by atoms with van der Waals surface area (Å²) in [4.78, 5) is 12.6. The molecule has 31 heavy (non-hydrogen) atoms. The predicted molar refractivity (Wildman–Crippen MR) is 123 cm³/mol. The first kappa shape index (κ1) is 20.5. The highest BCUT2D eigenvalue weighted by Gasteiger charge is 2.17. The van der Waals surface area contributed by atoms with Crippen LogP contribution in [0, 0.1) is 0 Å². The lowest BCUT2D eigenvalue weighted by atomic mass is 10.0. The number of nitrogens with one attached hydrogen (secondary N) is 1. The molecular formula is C23H21N5O2S. The Morgan fingerprint density at radius 3 is 2.42 bits per heavy atom. The zero-order chi connectivity index (χ0) is 21.6. The molecule has 3 aromatic carbocycles. The predicted octanol–water partition coefficient (Wildman–Crippen LogP) is 4.07. The van der Waals surface area contributed by atoms with E-state index in [0.717, 1.165) is 22.4 Å². The lowest BCUT2D eigenvalue weighted by Gasteiger charge is -2.11. The molecule has 0 unspecified atom stereocenters. The Bertz CT molecular complexity index is 1190. The Hall–Kier alpha value is -3.78. The maximum absolute atomic E-state index is 12.6. The van der Waals surface area contributed by atoms with Gasteiger partial charge in [-0.1, -0.05) is 72.4 Å². The van der Waals surface area contributed by atoms with Gasteiger partial charge in [0.05, 0.1) is 18.4 Å². The van der Waals surface area contributed by atoms with Crippen LogP contribution in [0.3, 0.4) is 0 Å². The average Bonchev–Trinajstić information content (AvgIpc) is 3.18. The van der Waals surface area contributed by atoms with E-state index in [2.05, 4.69) is 15.5 Å². The van der Waals surface area contributed by atoms with Crippen molar-refractivity contribution in [1.82, 2.24) is 14.9 Å². The first-order valence-electron chi connectivity index (χ1n) is 9.58. The van der Waals surface area contributed by atoms with Gasteiger partial charge in [-0.15, -0.1) is 10.2 Å². The number of nitrogens with zero attached hydrogens (tertiary/aromatic N) is 3. The van der Waals surface area contributed by atoms with E-state index < -0.39 is 0 Å². The molecule has 0 aliphatic carbocycles. The van der Waals surface area contributed by atoms with Crippen molar-refractivity contribution in [2.45, 2.75) is 5.16 Å². The first-order valence-corrected chi connectivity index (χ1v) is 10.6. The Kier molecular flexibility index (Phi) is 6.18. The van der Waals surface area contributed by atoms with Crippen LogP contribution in [0.4, 0.5) is 5.69 Å². The molecule has 3 N–H and O–H groups in total. The standard InChI is InChI=1S/C23H21N5O2S/c1-30-20-14-8-6-12-18(20)22-26-27-23(28(22)24)31-15-21(29)25-19-13-7-5-11-17(19)16-9-3-2-4-10-16/h2-14H,15,24H2,1H3,(H,25,29). The van der Waals surface area contributed by atoms with Crippen molar-refractivity contribution < 1.29 is 9.53 Å². The van der Waals surface area contributed by atoms with E-state index in [1.165, 1.54) is 16.4 Å². The summed E-state index contributed by atoms with van der Waals surface area (Å²) >= 11 is 1.22. The topological polar surface area (TPSA) is 95.1 Å². The van der Waals surface area contributed by atoms with Gasteiger partial charge >= 0.3 is 0 Å². The summed E-state index contributed by atoms with van der Waals surface area (Å²) in [6, 6.07) is 25.1. The quantitative estimate of drug-likeness (QED) is 0.338. The fourth-order valence-corrected chi connectivity index (χ4v) is 3.82. The molecule has 0 bridgehead atoms. The van der Waals surface area contributed by atoms with Crippen LogP contribution in [0.25, 0.3) is 22.5 Å². The van der Waals surface area contributed by atoms with Crippen LogP contribution in [-0.4, -0.2) is 33.6 Å². The second-order valence-electron chi connectivity index (χ2n) is 6.62. The fraction of sp³-hybridized carbons (Fsp3) is 0.0870. The third-order valence-corrected chi connectivity index (χ3v) is 5.57. The molecule has 0 saturated heterocycles. The van der Waals surface area contributed by atoms with Gasteiger partial charge in [0.2, 0.25) is 11.1 Å². The number of rotatable bonds is 7. The van der Waals surface area contributed by atoms with E-state index in [1.54, 1.807) is 7.11 Å². The zero-order valence-electron chi connectivity index (χ0n) is 16.9. The van der Waals surface area contributed by atoms with Gasteiger partial charge in [0.15, 0.2) is 5.82 Å². The molecule has 156 valence electrons. The number of anilines is 1. The summed E-state index contributed by atoms with van der Waals surface area (Å²) in [7, 11) is 1.59. The number of para-hydroxylation sites is 2. The second-order valence-corrected chi connectivity index (χ2v) is 7.57. The largest absolute Gasteiger partial charge is 0.496 e. The van der Waals surface area contributed by atoms with E-state index in [-0.39, 0.29) is 11.7 Å². The Balaban J connectivity index is 1.46. The molecule has 0 radical (unpaired) electrons. The molecule has 1 aromatic heterocycles. The average molecular weight is 432 g/mol. The molecule has 0 aliphatic rings. The van der Waals surface area contributed by atoms with Gasteiger partial charge in [0, 0.05) is 11.3 Å². The van der Waals surface area contributed by atoms with Gasteiger partial charge in [0.25, 0.3) is 0 Å². The third kappa shape index (κ3) is 4.54. The number of thioether (sulfide) groups is 1. The lowest BCUT2D eigenvalue weighted by molar-refractivity contribution is -0.113. The van der Waals surface area contributed by atoms with Gasteiger partial charge < -0.3 is 15.9 Å². The number of nitrogens with two attached hydrogens (primary N) is 1. The van der Waals surface area contributed by atoms with Crippen molar-refractivity contribution >= 4 is 23.4 Å². The maximum Gasteiger partial charge on any atom is 0.234 e. The van der Waals surface area contributed by atoms with E-state index in [4.69, 9.17) is 10.6 Å². The summed E-state index contributed by atoms with van der Waals surface area (Å²) in [6.45, 7) is 0. The number of ether oxygens (including phenoxy) is 1. The van der Waals surface area contributed by atoms with E-state index in [9.17, 15) is 4.79 Å². The number of methoxy groups -OCH3 is 1. The summed E-state index contributed by atoms with van der Waals surface area (Å²) in [5.41, 5.74) is 3.48. The van der Waals surface area contributed by atoms with E-state index in [1.807, 2.05) is 78.9 Å². The number of aromatic nitrogens is 3. The molecule has 0 spiro atoms. The van der Waals surface area contributed by atoms with Crippen LogP contribution in [0.2, 0.25) is 0 Å². The highest BCUT2D eigenvalue weighted by molar-refractivity contribution is 7.99. The molecule has 4 aromatic rings. The molecule has 0 fully saturated rings. The van der Waals surface area contributed by atoms with Crippen molar-refractivity contribution in [3.8, 4) is 28.3 Å².